The number of rotatable bonds is 5. The van der Waals surface area contributed by atoms with Crippen LogP contribution in [0.5, 0.6) is 0 Å². The van der Waals surface area contributed by atoms with Crippen molar-refractivity contribution in [3.63, 3.8) is 0 Å². The Morgan fingerprint density at radius 1 is 1.13 bits per heavy atom. The highest BCUT2D eigenvalue weighted by molar-refractivity contribution is 4.69. The van der Waals surface area contributed by atoms with Gasteiger partial charge >= 0.3 is 0 Å². The van der Waals surface area contributed by atoms with E-state index in [1.165, 1.54) is 45.1 Å². The first kappa shape index (κ1) is 13.0. The van der Waals surface area contributed by atoms with E-state index in [1.54, 1.807) is 0 Å². The van der Waals surface area contributed by atoms with E-state index >= 15 is 0 Å². The van der Waals surface area contributed by atoms with E-state index in [4.69, 9.17) is 0 Å². The highest BCUT2D eigenvalue weighted by atomic mass is 15.1. The van der Waals surface area contributed by atoms with Crippen molar-refractivity contribution in [1.29, 1.82) is 0 Å². The van der Waals surface area contributed by atoms with Crippen LogP contribution in [-0.4, -0.2) is 38.1 Å². The van der Waals surface area contributed by atoms with Crippen LogP contribution in [0.3, 0.4) is 0 Å². The summed E-state index contributed by atoms with van der Waals surface area (Å²) in [5.74, 6) is 0.946. The second-order valence-corrected chi connectivity index (χ2v) is 5.33. The molecule has 2 nitrogen and oxygen atoms in total. The molecule has 15 heavy (non-hydrogen) atoms. The number of hydrogen-bond acceptors (Lipinski definition) is 2. The third-order valence-electron chi connectivity index (χ3n) is 3.73. The average molecular weight is 212 g/mol. The van der Waals surface area contributed by atoms with Gasteiger partial charge in [-0.3, -0.25) is 0 Å². The van der Waals surface area contributed by atoms with Crippen LogP contribution in [0.4, 0.5) is 0 Å². The zero-order valence-corrected chi connectivity index (χ0v) is 10.8. The predicted octanol–water partition coefficient (Wildman–Crippen LogP) is 2.50. The predicted molar refractivity (Wildman–Crippen MR) is 67.2 cm³/mol. The lowest BCUT2D eigenvalue weighted by Crippen LogP contribution is -2.37. The van der Waals surface area contributed by atoms with Gasteiger partial charge in [-0.15, -0.1) is 0 Å². The van der Waals surface area contributed by atoms with Gasteiger partial charge in [-0.05, 0) is 46.3 Å². The van der Waals surface area contributed by atoms with Crippen molar-refractivity contribution in [3.8, 4) is 0 Å². The van der Waals surface area contributed by atoms with E-state index in [-0.39, 0.29) is 0 Å². The minimum absolute atomic E-state index is 0.649. The summed E-state index contributed by atoms with van der Waals surface area (Å²) in [6.45, 7) is 4.64. The van der Waals surface area contributed by atoms with Gasteiger partial charge in [-0.1, -0.05) is 25.7 Å². The van der Waals surface area contributed by atoms with Crippen LogP contribution < -0.4 is 5.32 Å². The molecular weight excluding hydrogens is 184 g/mol. The number of likely N-dealkylation sites (N-methyl/N-ethyl adjacent to an activating group) is 1. The maximum Gasteiger partial charge on any atom is 0.0186 e. The van der Waals surface area contributed by atoms with E-state index < -0.39 is 0 Å². The second-order valence-electron chi connectivity index (χ2n) is 5.33. The van der Waals surface area contributed by atoms with Crippen LogP contribution in [0.1, 0.15) is 45.4 Å². The summed E-state index contributed by atoms with van der Waals surface area (Å²) in [4.78, 5) is 2.28. The van der Waals surface area contributed by atoms with Gasteiger partial charge in [-0.25, -0.2) is 0 Å². The molecule has 0 aromatic rings. The molecule has 0 heterocycles. The van der Waals surface area contributed by atoms with Crippen molar-refractivity contribution in [3.05, 3.63) is 0 Å². The zero-order valence-electron chi connectivity index (χ0n) is 10.8. The first-order chi connectivity index (χ1) is 7.20. The summed E-state index contributed by atoms with van der Waals surface area (Å²) >= 11 is 0. The van der Waals surface area contributed by atoms with Crippen LogP contribution in [0, 0.1) is 5.92 Å². The summed E-state index contributed by atoms with van der Waals surface area (Å²) in [6, 6.07) is 0.649. The standard InChI is InChI=1S/C13H28N2/c1-12(15(2)3)10-14-11-13-8-6-4-5-7-9-13/h12-14H,4-11H2,1-3H3. The summed E-state index contributed by atoms with van der Waals surface area (Å²) in [7, 11) is 4.30. The molecule has 90 valence electrons. The summed E-state index contributed by atoms with van der Waals surface area (Å²) in [5.41, 5.74) is 0. The molecule has 0 spiro atoms. The Morgan fingerprint density at radius 3 is 2.27 bits per heavy atom. The highest BCUT2D eigenvalue weighted by Crippen LogP contribution is 2.21. The molecule has 1 saturated carbocycles. The molecule has 1 fully saturated rings. The first-order valence-corrected chi connectivity index (χ1v) is 6.57. The molecule has 0 bridgehead atoms. The monoisotopic (exact) mass is 212 g/mol. The average Bonchev–Trinajstić information content (AvgIpc) is 2.46. The van der Waals surface area contributed by atoms with Gasteiger partial charge < -0.3 is 10.2 Å². The minimum Gasteiger partial charge on any atom is -0.315 e. The molecule has 0 aliphatic heterocycles. The Kier molecular flexibility index (Phi) is 6.26. The van der Waals surface area contributed by atoms with Crippen molar-refractivity contribution < 1.29 is 0 Å². The molecule has 0 saturated heterocycles. The fraction of sp³-hybridized carbons (Fsp3) is 1.00. The van der Waals surface area contributed by atoms with E-state index in [0.29, 0.717) is 6.04 Å². The smallest absolute Gasteiger partial charge is 0.0186 e. The van der Waals surface area contributed by atoms with Gasteiger partial charge in [0, 0.05) is 12.6 Å². The SMILES string of the molecule is CC(CNCC1CCCCCC1)N(C)C. The molecule has 0 radical (unpaired) electrons. The van der Waals surface area contributed by atoms with E-state index in [2.05, 4.69) is 31.2 Å². The van der Waals surface area contributed by atoms with Gasteiger partial charge in [0.1, 0.15) is 0 Å². The number of nitrogens with one attached hydrogen (secondary N) is 1. The van der Waals surface area contributed by atoms with Crippen molar-refractivity contribution >= 4 is 0 Å². The third kappa shape index (κ3) is 5.53. The molecule has 0 aromatic heterocycles. The minimum atomic E-state index is 0.649. The van der Waals surface area contributed by atoms with Crippen molar-refractivity contribution in [2.75, 3.05) is 27.2 Å². The second kappa shape index (κ2) is 7.24. The molecule has 1 aliphatic carbocycles. The Labute approximate surface area is 95.4 Å². The lowest BCUT2D eigenvalue weighted by atomic mass is 10.0. The van der Waals surface area contributed by atoms with E-state index in [1.807, 2.05) is 0 Å². The van der Waals surface area contributed by atoms with Gasteiger partial charge in [0.15, 0.2) is 0 Å². The normalized spacial score (nSPS) is 21.6. The lowest BCUT2D eigenvalue weighted by molar-refractivity contribution is 0.294. The number of hydrogen-bond donors (Lipinski definition) is 1. The van der Waals surface area contributed by atoms with Crippen LogP contribution in [0.25, 0.3) is 0 Å². The maximum absolute atomic E-state index is 3.62. The van der Waals surface area contributed by atoms with E-state index in [9.17, 15) is 0 Å². The van der Waals surface area contributed by atoms with Gasteiger partial charge in [-0.2, -0.15) is 0 Å². The molecule has 1 unspecified atom stereocenters. The molecule has 1 rings (SSSR count). The highest BCUT2D eigenvalue weighted by Gasteiger charge is 2.12. The topological polar surface area (TPSA) is 15.3 Å². The van der Waals surface area contributed by atoms with E-state index in [0.717, 1.165) is 12.5 Å². The molecule has 1 aliphatic rings. The van der Waals surface area contributed by atoms with Crippen molar-refractivity contribution in [2.24, 2.45) is 5.92 Å². The largest absolute Gasteiger partial charge is 0.315 e. The maximum atomic E-state index is 3.62. The summed E-state index contributed by atoms with van der Waals surface area (Å²) < 4.78 is 0. The fourth-order valence-electron chi connectivity index (χ4n) is 2.25. The van der Waals surface area contributed by atoms with Crippen LogP contribution in [-0.2, 0) is 0 Å². The molecular formula is C13H28N2. The summed E-state index contributed by atoms with van der Waals surface area (Å²) in [6.07, 6.45) is 8.73. The fourth-order valence-corrected chi connectivity index (χ4v) is 2.25. The molecule has 0 aromatic carbocycles. The Hall–Kier alpha value is -0.0800. The Balaban J connectivity index is 2.07. The summed E-state index contributed by atoms with van der Waals surface area (Å²) in [5, 5.41) is 3.62. The van der Waals surface area contributed by atoms with Gasteiger partial charge in [0.25, 0.3) is 0 Å². The van der Waals surface area contributed by atoms with Crippen molar-refractivity contribution in [2.45, 2.75) is 51.5 Å². The molecule has 2 heteroatoms. The van der Waals surface area contributed by atoms with Crippen LogP contribution >= 0.6 is 0 Å². The molecule has 0 amide bonds. The van der Waals surface area contributed by atoms with Crippen LogP contribution in [0.2, 0.25) is 0 Å². The molecule has 1 N–H and O–H groups in total. The van der Waals surface area contributed by atoms with Gasteiger partial charge in [0.05, 0.1) is 0 Å². The van der Waals surface area contributed by atoms with Crippen LogP contribution in [0.15, 0.2) is 0 Å². The Morgan fingerprint density at radius 2 is 1.73 bits per heavy atom. The lowest BCUT2D eigenvalue weighted by Gasteiger charge is -2.22. The molecule has 1 atom stereocenters. The first-order valence-electron chi connectivity index (χ1n) is 6.57. The van der Waals surface area contributed by atoms with Crippen molar-refractivity contribution in [1.82, 2.24) is 10.2 Å². The zero-order chi connectivity index (χ0) is 11.1. The number of nitrogens with zero attached hydrogens (tertiary/aromatic N) is 1. The van der Waals surface area contributed by atoms with Gasteiger partial charge in [0.2, 0.25) is 0 Å². The quantitative estimate of drug-likeness (QED) is 0.704. The third-order valence-corrected chi connectivity index (χ3v) is 3.73. The Bertz CT molecular complexity index is 149.